The van der Waals surface area contributed by atoms with Gasteiger partial charge in [0.1, 0.15) is 0 Å². The van der Waals surface area contributed by atoms with Crippen molar-refractivity contribution in [3.63, 3.8) is 0 Å². The highest BCUT2D eigenvalue weighted by Crippen LogP contribution is 2.39. The molecule has 0 aliphatic heterocycles. The quantitative estimate of drug-likeness (QED) is 0.730. The van der Waals surface area contributed by atoms with E-state index in [0.29, 0.717) is 0 Å². The average Bonchev–Trinajstić information content (AvgIpc) is 2.34. The molecule has 0 aromatic rings. The average molecular weight is 297 g/mol. The van der Waals surface area contributed by atoms with Crippen molar-refractivity contribution in [2.45, 2.75) is 50.9 Å². The van der Waals surface area contributed by atoms with Crippen LogP contribution in [0.25, 0.3) is 0 Å². The highest BCUT2D eigenvalue weighted by atomic mass is 19.4. The second-order valence-electron chi connectivity index (χ2n) is 5.16. The largest absolute Gasteiger partial charge is 0.480 e. The van der Waals surface area contributed by atoms with Crippen LogP contribution in [-0.4, -0.2) is 40.4 Å². The third-order valence-electron chi connectivity index (χ3n) is 3.61. The van der Waals surface area contributed by atoms with Gasteiger partial charge in [-0.3, -0.25) is 4.79 Å². The zero-order valence-electron chi connectivity index (χ0n) is 11.0. The predicted molar refractivity (Wildman–Crippen MR) is 62.8 cm³/mol. The van der Waals surface area contributed by atoms with Crippen LogP contribution < -0.4 is 5.32 Å². The SMILES string of the molecule is C[C@@H](O)[C@H](NC(=O)C1CCC(C(F)(F)F)CC1)C(=O)O. The summed E-state index contributed by atoms with van der Waals surface area (Å²) in [5.74, 6) is -4.01. The molecular formula is C12H18F3NO4. The van der Waals surface area contributed by atoms with E-state index in [0.717, 1.165) is 0 Å². The highest BCUT2D eigenvalue weighted by Gasteiger charge is 2.42. The number of aliphatic carboxylic acids is 1. The van der Waals surface area contributed by atoms with Gasteiger partial charge in [0, 0.05) is 5.92 Å². The van der Waals surface area contributed by atoms with Gasteiger partial charge in [0.05, 0.1) is 12.0 Å². The molecule has 0 bridgehead atoms. The van der Waals surface area contributed by atoms with Gasteiger partial charge in [-0.1, -0.05) is 0 Å². The number of amides is 1. The lowest BCUT2D eigenvalue weighted by Crippen LogP contribution is -2.50. The Hall–Kier alpha value is -1.31. The zero-order chi connectivity index (χ0) is 15.5. The minimum absolute atomic E-state index is 0.0716. The van der Waals surface area contributed by atoms with E-state index in [9.17, 15) is 27.9 Å². The monoisotopic (exact) mass is 297 g/mol. The van der Waals surface area contributed by atoms with Gasteiger partial charge in [-0.2, -0.15) is 13.2 Å². The maximum atomic E-state index is 12.5. The van der Waals surface area contributed by atoms with Crippen molar-refractivity contribution in [1.29, 1.82) is 0 Å². The minimum atomic E-state index is -4.25. The van der Waals surface area contributed by atoms with Crippen molar-refractivity contribution < 1.29 is 33.0 Å². The molecule has 116 valence electrons. The normalized spacial score (nSPS) is 26.6. The number of carbonyl (C=O) groups excluding carboxylic acids is 1. The number of carbonyl (C=O) groups is 2. The molecule has 1 aliphatic rings. The summed E-state index contributed by atoms with van der Waals surface area (Å²) in [4.78, 5) is 22.6. The molecule has 2 atom stereocenters. The smallest absolute Gasteiger partial charge is 0.391 e. The molecule has 0 aromatic heterocycles. The number of hydrogen-bond acceptors (Lipinski definition) is 3. The number of alkyl halides is 3. The molecular weight excluding hydrogens is 279 g/mol. The minimum Gasteiger partial charge on any atom is -0.480 e. The van der Waals surface area contributed by atoms with E-state index in [-0.39, 0.29) is 25.7 Å². The lowest BCUT2D eigenvalue weighted by Gasteiger charge is -2.30. The van der Waals surface area contributed by atoms with Crippen molar-refractivity contribution in [3.8, 4) is 0 Å². The van der Waals surface area contributed by atoms with Crippen molar-refractivity contribution >= 4 is 11.9 Å². The second-order valence-corrected chi connectivity index (χ2v) is 5.16. The molecule has 1 rings (SSSR count). The summed E-state index contributed by atoms with van der Waals surface area (Å²) < 4.78 is 37.4. The summed E-state index contributed by atoms with van der Waals surface area (Å²) in [6, 6.07) is -1.44. The fourth-order valence-corrected chi connectivity index (χ4v) is 2.34. The Morgan fingerprint density at radius 2 is 1.70 bits per heavy atom. The van der Waals surface area contributed by atoms with Gasteiger partial charge < -0.3 is 15.5 Å². The Morgan fingerprint density at radius 3 is 2.05 bits per heavy atom. The van der Waals surface area contributed by atoms with E-state index >= 15 is 0 Å². The Morgan fingerprint density at radius 1 is 1.20 bits per heavy atom. The molecule has 0 unspecified atom stereocenters. The number of rotatable bonds is 4. The van der Waals surface area contributed by atoms with Crippen LogP contribution in [0, 0.1) is 11.8 Å². The Kier molecular flexibility index (Phi) is 5.38. The maximum Gasteiger partial charge on any atom is 0.391 e. The standard InChI is InChI=1S/C12H18F3NO4/c1-6(17)9(11(19)20)16-10(18)7-2-4-8(5-3-7)12(13,14)15/h6-9,17H,2-5H2,1H3,(H,16,18)(H,19,20)/t6-,7?,8?,9+/m1/s1. The van der Waals surface area contributed by atoms with Crippen LogP contribution in [0.2, 0.25) is 0 Å². The molecule has 1 aliphatic carbocycles. The van der Waals surface area contributed by atoms with Gasteiger partial charge in [-0.05, 0) is 32.6 Å². The van der Waals surface area contributed by atoms with Crippen LogP contribution in [0.1, 0.15) is 32.6 Å². The van der Waals surface area contributed by atoms with Crippen molar-refractivity contribution in [1.82, 2.24) is 5.32 Å². The van der Waals surface area contributed by atoms with Crippen molar-refractivity contribution in [2.24, 2.45) is 11.8 Å². The van der Waals surface area contributed by atoms with Crippen molar-refractivity contribution in [2.75, 3.05) is 0 Å². The van der Waals surface area contributed by atoms with E-state index in [2.05, 4.69) is 5.32 Å². The number of nitrogens with one attached hydrogen (secondary N) is 1. The summed E-state index contributed by atoms with van der Waals surface area (Å²) in [5, 5.41) is 20.2. The summed E-state index contributed by atoms with van der Waals surface area (Å²) in [6.07, 6.45) is -5.64. The van der Waals surface area contributed by atoms with Crippen LogP contribution in [0.4, 0.5) is 13.2 Å². The fraction of sp³-hybridized carbons (Fsp3) is 0.833. The van der Waals surface area contributed by atoms with Gasteiger partial charge in [0.2, 0.25) is 5.91 Å². The van der Waals surface area contributed by atoms with E-state index < -0.39 is 42.0 Å². The highest BCUT2D eigenvalue weighted by molar-refractivity contribution is 5.85. The third kappa shape index (κ3) is 4.36. The van der Waals surface area contributed by atoms with Gasteiger partial charge >= 0.3 is 12.1 Å². The second kappa shape index (κ2) is 6.43. The van der Waals surface area contributed by atoms with E-state index in [1.807, 2.05) is 0 Å². The summed E-state index contributed by atoms with van der Waals surface area (Å²) in [7, 11) is 0. The van der Waals surface area contributed by atoms with Crippen LogP contribution in [0.15, 0.2) is 0 Å². The molecule has 20 heavy (non-hydrogen) atoms. The molecule has 0 aromatic carbocycles. The van der Waals surface area contributed by atoms with E-state index in [1.54, 1.807) is 0 Å². The first-order valence-corrected chi connectivity index (χ1v) is 6.41. The van der Waals surface area contributed by atoms with Gasteiger partial charge in [0.25, 0.3) is 0 Å². The number of halogens is 3. The number of hydrogen-bond donors (Lipinski definition) is 3. The van der Waals surface area contributed by atoms with Crippen molar-refractivity contribution in [3.05, 3.63) is 0 Å². The van der Waals surface area contributed by atoms with E-state index in [1.165, 1.54) is 6.92 Å². The van der Waals surface area contributed by atoms with Gasteiger partial charge in [-0.25, -0.2) is 4.79 Å². The topological polar surface area (TPSA) is 86.6 Å². The lowest BCUT2D eigenvalue weighted by molar-refractivity contribution is -0.184. The first kappa shape index (κ1) is 16.7. The Labute approximate surface area is 114 Å². The molecule has 8 heteroatoms. The third-order valence-corrected chi connectivity index (χ3v) is 3.61. The molecule has 3 N–H and O–H groups in total. The first-order chi connectivity index (χ1) is 9.12. The summed E-state index contributed by atoms with van der Waals surface area (Å²) >= 11 is 0. The molecule has 1 fully saturated rings. The molecule has 1 saturated carbocycles. The van der Waals surface area contributed by atoms with Crippen LogP contribution in [0.3, 0.4) is 0 Å². The number of aliphatic hydroxyl groups is 1. The summed E-state index contributed by atoms with van der Waals surface area (Å²) in [5.41, 5.74) is 0. The maximum absolute atomic E-state index is 12.5. The zero-order valence-corrected chi connectivity index (χ0v) is 11.0. The van der Waals surface area contributed by atoms with Gasteiger partial charge in [0.15, 0.2) is 6.04 Å². The molecule has 0 saturated heterocycles. The van der Waals surface area contributed by atoms with Crippen LogP contribution in [0.5, 0.6) is 0 Å². The number of carboxylic acids is 1. The Bertz CT molecular complexity index is 362. The molecule has 1 amide bonds. The Balaban J connectivity index is 2.53. The first-order valence-electron chi connectivity index (χ1n) is 6.41. The number of carboxylic acid groups (broad SMARTS) is 1. The fourth-order valence-electron chi connectivity index (χ4n) is 2.34. The summed E-state index contributed by atoms with van der Waals surface area (Å²) in [6.45, 7) is 1.22. The molecule has 5 nitrogen and oxygen atoms in total. The number of aliphatic hydroxyl groups excluding tert-OH is 1. The molecule has 0 radical (unpaired) electrons. The predicted octanol–water partition coefficient (Wildman–Crippen LogP) is 1.31. The van der Waals surface area contributed by atoms with Crippen LogP contribution in [-0.2, 0) is 9.59 Å². The van der Waals surface area contributed by atoms with Crippen LogP contribution >= 0.6 is 0 Å². The lowest BCUT2D eigenvalue weighted by atomic mass is 9.81. The molecule has 0 spiro atoms. The van der Waals surface area contributed by atoms with E-state index in [4.69, 9.17) is 5.11 Å². The molecule has 0 heterocycles. The van der Waals surface area contributed by atoms with Gasteiger partial charge in [-0.15, -0.1) is 0 Å².